The number of aromatic nitrogens is 2. The fraction of sp³-hybridized carbons (Fsp3) is 0.276. The van der Waals surface area contributed by atoms with Crippen molar-refractivity contribution in [1.82, 2.24) is 15.5 Å². The lowest BCUT2D eigenvalue weighted by molar-refractivity contribution is -0.124. The average Bonchev–Trinajstić information content (AvgIpc) is 2.93. The van der Waals surface area contributed by atoms with Gasteiger partial charge in [-0.15, -0.1) is 5.10 Å². The Balaban J connectivity index is 1.25. The van der Waals surface area contributed by atoms with Crippen LogP contribution in [0.25, 0.3) is 10.8 Å². The fourth-order valence-electron chi connectivity index (χ4n) is 4.68. The third-order valence-corrected chi connectivity index (χ3v) is 6.60. The summed E-state index contributed by atoms with van der Waals surface area (Å²) >= 11 is 0. The van der Waals surface area contributed by atoms with Crippen LogP contribution in [0.2, 0.25) is 0 Å². The molecule has 1 aliphatic rings. The van der Waals surface area contributed by atoms with Crippen molar-refractivity contribution in [2.75, 3.05) is 49.7 Å². The molecule has 4 aromatic rings. The van der Waals surface area contributed by atoms with E-state index in [1.807, 2.05) is 6.07 Å². The first kappa shape index (κ1) is 23.8. The van der Waals surface area contributed by atoms with Gasteiger partial charge in [-0.2, -0.15) is 5.10 Å². The second-order valence-corrected chi connectivity index (χ2v) is 9.03. The van der Waals surface area contributed by atoms with E-state index in [4.69, 9.17) is 9.84 Å². The van der Waals surface area contributed by atoms with Gasteiger partial charge in [0.15, 0.2) is 5.82 Å². The van der Waals surface area contributed by atoms with E-state index in [9.17, 15) is 4.79 Å². The van der Waals surface area contributed by atoms with E-state index < -0.39 is 0 Å². The number of anilines is 2. The number of carbonyl (C=O) groups is 1. The van der Waals surface area contributed by atoms with Crippen molar-refractivity contribution in [3.05, 3.63) is 95.7 Å². The van der Waals surface area contributed by atoms with Crippen molar-refractivity contribution < 1.29 is 9.53 Å². The SMILES string of the molecule is COCC(=O)NCc1ccc(N2CCN(c3nnc(Cc4ccccc4)c4ccccc34)CC2)cc1. The highest BCUT2D eigenvalue weighted by Gasteiger charge is 2.21. The molecule has 1 fully saturated rings. The zero-order valence-electron chi connectivity index (χ0n) is 20.6. The summed E-state index contributed by atoms with van der Waals surface area (Å²) in [6.45, 7) is 4.16. The third kappa shape index (κ3) is 5.47. The molecular weight excluding hydrogens is 450 g/mol. The molecule has 1 aliphatic heterocycles. The van der Waals surface area contributed by atoms with Crippen LogP contribution in [0, 0.1) is 0 Å². The van der Waals surface area contributed by atoms with Crippen LogP contribution in [-0.4, -0.2) is 56.0 Å². The molecule has 0 atom stereocenters. The number of methoxy groups -OCH3 is 1. The Kier molecular flexibility index (Phi) is 7.38. The molecule has 0 bridgehead atoms. The number of nitrogens with zero attached hydrogens (tertiary/aromatic N) is 4. The molecule has 0 saturated carbocycles. The Morgan fingerprint density at radius 3 is 2.19 bits per heavy atom. The fourth-order valence-corrected chi connectivity index (χ4v) is 4.68. The lowest BCUT2D eigenvalue weighted by Crippen LogP contribution is -2.47. The first-order valence-corrected chi connectivity index (χ1v) is 12.3. The Morgan fingerprint density at radius 2 is 1.47 bits per heavy atom. The van der Waals surface area contributed by atoms with E-state index in [-0.39, 0.29) is 12.5 Å². The normalized spacial score (nSPS) is 13.7. The molecule has 1 saturated heterocycles. The van der Waals surface area contributed by atoms with Crippen molar-refractivity contribution in [2.24, 2.45) is 0 Å². The summed E-state index contributed by atoms with van der Waals surface area (Å²) < 4.78 is 4.85. The third-order valence-electron chi connectivity index (χ3n) is 6.60. The number of rotatable bonds is 8. The summed E-state index contributed by atoms with van der Waals surface area (Å²) in [6, 6.07) is 27.3. The molecule has 5 rings (SSSR count). The Morgan fingerprint density at radius 1 is 0.806 bits per heavy atom. The van der Waals surface area contributed by atoms with E-state index in [0.717, 1.165) is 55.1 Å². The Bertz CT molecular complexity index is 1300. The van der Waals surface area contributed by atoms with Gasteiger partial charge >= 0.3 is 0 Å². The van der Waals surface area contributed by atoms with Crippen LogP contribution in [0.1, 0.15) is 16.8 Å². The Hall–Kier alpha value is -3.97. The van der Waals surface area contributed by atoms with Gasteiger partial charge in [0.05, 0.1) is 5.69 Å². The molecule has 7 heteroatoms. The molecule has 1 aromatic heterocycles. The van der Waals surface area contributed by atoms with Crippen molar-refractivity contribution >= 4 is 28.2 Å². The smallest absolute Gasteiger partial charge is 0.246 e. The molecule has 184 valence electrons. The molecule has 1 N–H and O–H groups in total. The molecule has 2 heterocycles. The van der Waals surface area contributed by atoms with Gasteiger partial charge in [-0.3, -0.25) is 4.79 Å². The molecule has 1 amide bonds. The summed E-state index contributed by atoms with van der Waals surface area (Å²) in [5, 5.41) is 14.5. The van der Waals surface area contributed by atoms with Crippen LogP contribution in [0.5, 0.6) is 0 Å². The first-order chi connectivity index (χ1) is 17.7. The van der Waals surface area contributed by atoms with Crippen LogP contribution >= 0.6 is 0 Å². The van der Waals surface area contributed by atoms with Crippen molar-refractivity contribution in [1.29, 1.82) is 0 Å². The summed E-state index contributed by atoms with van der Waals surface area (Å²) in [6.07, 6.45) is 0.772. The summed E-state index contributed by atoms with van der Waals surface area (Å²) in [5.41, 5.74) is 4.51. The minimum absolute atomic E-state index is 0.0811. The summed E-state index contributed by atoms with van der Waals surface area (Å²) in [7, 11) is 1.52. The zero-order chi connectivity index (χ0) is 24.7. The highest BCUT2D eigenvalue weighted by atomic mass is 16.5. The summed E-state index contributed by atoms with van der Waals surface area (Å²) in [5.74, 6) is 0.852. The van der Waals surface area contributed by atoms with Gasteiger partial charge in [-0.1, -0.05) is 66.7 Å². The van der Waals surface area contributed by atoms with Gasteiger partial charge in [-0.05, 0) is 23.3 Å². The number of fused-ring (bicyclic) bond motifs is 1. The maximum Gasteiger partial charge on any atom is 0.246 e. The number of amides is 1. The maximum absolute atomic E-state index is 11.6. The standard InChI is InChI=1S/C29H31N5O2/c1-36-21-28(35)30-20-23-11-13-24(14-12-23)33-15-17-34(18-16-33)29-26-10-6-5-9-25(26)27(31-32-29)19-22-7-3-2-4-8-22/h2-14H,15-21H2,1H3,(H,30,35). The predicted molar refractivity (Wildman–Crippen MR) is 143 cm³/mol. The monoisotopic (exact) mass is 481 g/mol. The van der Waals surface area contributed by atoms with Crippen LogP contribution in [-0.2, 0) is 22.5 Å². The average molecular weight is 482 g/mol. The van der Waals surface area contributed by atoms with E-state index in [0.29, 0.717) is 6.54 Å². The number of hydrogen-bond donors (Lipinski definition) is 1. The maximum atomic E-state index is 11.6. The highest BCUT2D eigenvalue weighted by molar-refractivity contribution is 5.93. The van der Waals surface area contributed by atoms with E-state index >= 15 is 0 Å². The molecule has 0 spiro atoms. The van der Waals surface area contributed by atoms with Crippen LogP contribution in [0.3, 0.4) is 0 Å². The predicted octanol–water partition coefficient (Wildman–Crippen LogP) is 3.81. The van der Waals surface area contributed by atoms with Crippen molar-refractivity contribution in [2.45, 2.75) is 13.0 Å². The van der Waals surface area contributed by atoms with Gasteiger partial charge in [0.2, 0.25) is 5.91 Å². The number of piperazine rings is 1. The van der Waals surface area contributed by atoms with Crippen molar-refractivity contribution in [3.63, 3.8) is 0 Å². The van der Waals surface area contributed by atoms with Gasteiger partial charge < -0.3 is 19.9 Å². The number of ether oxygens (including phenoxy) is 1. The van der Waals surface area contributed by atoms with Crippen LogP contribution < -0.4 is 15.1 Å². The molecule has 0 unspecified atom stereocenters. The number of hydrogen-bond acceptors (Lipinski definition) is 6. The topological polar surface area (TPSA) is 70.6 Å². The van der Waals surface area contributed by atoms with E-state index in [1.165, 1.54) is 23.7 Å². The molecule has 3 aromatic carbocycles. The lowest BCUT2D eigenvalue weighted by atomic mass is 10.0. The van der Waals surface area contributed by atoms with E-state index in [1.54, 1.807) is 0 Å². The Labute approximate surface area is 211 Å². The minimum atomic E-state index is -0.110. The zero-order valence-corrected chi connectivity index (χ0v) is 20.6. The largest absolute Gasteiger partial charge is 0.375 e. The van der Waals surface area contributed by atoms with Gasteiger partial charge in [0.1, 0.15) is 6.61 Å². The minimum Gasteiger partial charge on any atom is -0.375 e. The first-order valence-electron chi connectivity index (χ1n) is 12.3. The van der Waals surface area contributed by atoms with E-state index in [2.05, 4.69) is 93.0 Å². The van der Waals surface area contributed by atoms with Crippen LogP contribution in [0.15, 0.2) is 78.9 Å². The lowest BCUT2D eigenvalue weighted by Gasteiger charge is -2.37. The molecule has 7 nitrogen and oxygen atoms in total. The molecule has 0 aliphatic carbocycles. The molecule has 36 heavy (non-hydrogen) atoms. The van der Waals surface area contributed by atoms with Crippen LogP contribution in [0.4, 0.5) is 11.5 Å². The number of carbonyl (C=O) groups excluding carboxylic acids is 1. The van der Waals surface area contributed by atoms with Gasteiger partial charge in [-0.25, -0.2) is 0 Å². The summed E-state index contributed by atoms with van der Waals surface area (Å²) in [4.78, 5) is 16.3. The number of nitrogens with one attached hydrogen (secondary N) is 1. The number of benzene rings is 3. The quantitative estimate of drug-likeness (QED) is 0.413. The molecule has 0 radical (unpaired) electrons. The van der Waals surface area contributed by atoms with Crippen molar-refractivity contribution in [3.8, 4) is 0 Å². The highest BCUT2D eigenvalue weighted by Crippen LogP contribution is 2.28. The second-order valence-electron chi connectivity index (χ2n) is 9.03. The molecular formula is C29H31N5O2. The van der Waals surface area contributed by atoms with Gasteiger partial charge in [0.25, 0.3) is 0 Å². The van der Waals surface area contributed by atoms with Gasteiger partial charge in [0, 0.05) is 62.7 Å². The second kappa shape index (κ2) is 11.2.